The molecule has 5 nitrogen and oxygen atoms in total. The van der Waals surface area contributed by atoms with Crippen LogP contribution in [0.3, 0.4) is 0 Å². The Labute approximate surface area is 95.3 Å². The third-order valence-corrected chi connectivity index (χ3v) is 1.90. The Hall–Kier alpha value is -1.57. The smallest absolute Gasteiger partial charge is 0.307 e. The van der Waals surface area contributed by atoms with Gasteiger partial charge >= 0.3 is 11.9 Å². The first-order chi connectivity index (χ1) is 7.30. The minimum absolute atomic E-state index is 0.0974. The normalized spacial score (nSPS) is 12.4. The number of ether oxygens (including phenoxy) is 2. The van der Waals surface area contributed by atoms with Crippen molar-refractivity contribution in [2.45, 2.75) is 39.2 Å². The van der Waals surface area contributed by atoms with E-state index in [1.165, 1.54) is 21.0 Å². The Morgan fingerprint density at radius 3 is 2.25 bits per heavy atom. The van der Waals surface area contributed by atoms with Crippen LogP contribution in [-0.2, 0) is 19.1 Å². The maximum atomic E-state index is 11.4. The third-order valence-electron chi connectivity index (χ3n) is 1.90. The molecule has 90 valence electrons. The Morgan fingerprint density at radius 1 is 1.31 bits per heavy atom. The Bertz CT molecular complexity index is 304. The zero-order valence-electron chi connectivity index (χ0n) is 10.1. The van der Waals surface area contributed by atoms with Crippen LogP contribution in [-0.4, -0.2) is 24.6 Å². The number of methoxy groups -OCH3 is 1. The summed E-state index contributed by atoms with van der Waals surface area (Å²) in [6, 6.07) is 1.86. The van der Waals surface area contributed by atoms with Crippen molar-refractivity contribution in [2.24, 2.45) is 5.92 Å². The van der Waals surface area contributed by atoms with Gasteiger partial charge in [-0.3, -0.25) is 9.59 Å². The van der Waals surface area contributed by atoms with E-state index in [1.54, 1.807) is 6.92 Å². The summed E-state index contributed by atoms with van der Waals surface area (Å²) in [5, 5.41) is 8.66. The molecule has 0 aliphatic heterocycles. The van der Waals surface area contributed by atoms with Gasteiger partial charge in [0.25, 0.3) is 0 Å². The zero-order valence-corrected chi connectivity index (χ0v) is 10.1. The van der Waals surface area contributed by atoms with Crippen LogP contribution >= 0.6 is 0 Å². The highest BCUT2D eigenvalue weighted by Gasteiger charge is 2.23. The standard InChI is InChI=1S/C11H17NO4/c1-8(5-9(13)15-4)6-10(14)16-11(2,3)7-12/h8H,5-6H2,1-4H3. The maximum Gasteiger partial charge on any atom is 0.307 e. The molecule has 0 heterocycles. The van der Waals surface area contributed by atoms with Gasteiger partial charge in [0, 0.05) is 12.8 Å². The van der Waals surface area contributed by atoms with Crippen molar-refractivity contribution >= 4 is 11.9 Å². The van der Waals surface area contributed by atoms with Gasteiger partial charge in [0.1, 0.15) is 6.07 Å². The highest BCUT2D eigenvalue weighted by Crippen LogP contribution is 2.14. The van der Waals surface area contributed by atoms with Crippen molar-refractivity contribution in [3.05, 3.63) is 0 Å². The van der Waals surface area contributed by atoms with Gasteiger partial charge < -0.3 is 9.47 Å². The van der Waals surface area contributed by atoms with Crippen LogP contribution in [0.15, 0.2) is 0 Å². The first-order valence-corrected chi connectivity index (χ1v) is 5.00. The zero-order chi connectivity index (χ0) is 12.8. The number of nitriles is 1. The Morgan fingerprint density at radius 2 is 1.81 bits per heavy atom. The number of hydrogen-bond acceptors (Lipinski definition) is 5. The molecule has 0 aliphatic carbocycles. The summed E-state index contributed by atoms with van der Waals surface area (Å²) < 4.78 is 9.40. The Balaban J connectivity index is 4.07. The highest BCUT2D eigenvalue weighted by atomic mass is 16.6. The average Bonchev–Trinajstić information content (AvgIpc) is 2.16. The molecule has 0 saturated carbocycles. The summed E-state index contributed by atoms with van der Waals surface area (Å²) >= 11 is 0. The minimum atomic E-state index is -1.12. The van der Waals surface area contributed by atoms with Crippen molar-refractivity contribution in [1.82, 2.24) is 0 Å². The highest BCUT2D eigenvalue weighted by molar-refractivity contribution is 5.73. The van der Waals surface area contributed by atoms with Crippen LogP contribution in [0.1, 0.15) is 33.6 Å². The fraction of sp³-hybridized carbons (Fsp3) is 0.727. The van der Waals surface area contributed by atoms with Gasteiger partial charge in [-0.25, -0.2) is 0 Å². The van der Waals surface area contributed by atoms with Crippen molar-refractivity contribution in [3.8, 4) is 6.07 Å². The third kappa shape index (κ3) is 6.02. The molecule has 0 spiro atoms. The monoisotopic (exact) mass is 227 g/mol. The van der Waals surface area contributed by atoms with Crippen molar-refractivity contribution < 1.29 is 19.1 Å². The van der Waals surface area contributed by atoms with E-state index in [0.29, 0.717) is 0 Å². The van der Waals surface area contributed by atoms with E-state index in [0.717, 1.165) is 0 Å². The van der Waals surface area contributed by atoms with Crippen LogP contribution < -0.4 is 0 Å². The number of carbonyl (C=O) groups excluding carboxylic acids is 2. The van der Waals surface area contributed by atoms with Gasteiger partial charge in [-0.1, -0.05) is 6.92 Å². The molecular weight excluding hydrogens is 210 g/mol. The lowest BCUT2D eigenvalue weighted by Gasteiger charge is -2.17. The lowest BCUT2D eigenvalue weighted by Crippen LogP contribution is -2.27. The molecule has 0 saturated heterocycles. The number of rotatable bonds is 5. The SMILES string of the molecule is COC(=O)CC(C)CC(=O)OC(C)(C)C#N. The maximum absolute atomic E-state index is 11.4. The molecule has 0 rings (SSSR count). The van der Waals surface area contributed by atoms with Crippen molar-refractivity contribution in [1.29, 1.82) is 5.26 Å². The second-order valence-electron chi connectivity index (χ2n) is 4.19. The molecule has 5 heteroatoms. The number of nitrogens with zero attached hydrogens (tertiary/aromatic N) is 1. The van der Waals surface area contributed by atoms with Gasteiger partial charge in [0.05, 0.1) is 7.11 Å². The number of esters is 2. The van der Waals surface area contributed by atoms with Crippen LogP contribution in [0.2, 0.25) is 0 Å². The molecule has 0 amide bonds. The van der Waals surface area contributed by atoms with E-state index in [1.807, 2.05) is 6.07 Å². The first-order valence-electron chi connectivity index (χ1n) is 5.00. The predicted molar refractivity (Wildman–Crippen MR) is 56.2 cm³/mol. The van der Waals surface area contributed by atoms with Crippen LogP contribution in [0.25, 0.3) is 0 Å². The van der Waals surface area contributed by atoms with Gasteiger partial charge in [-0.15, -0.1) is 0 Å². The summed E-state index contributed by atoms with van der Waals surface area (Å²) in [6.07, 6.45) is 0.263. The molecule has 0 aromatic heterocycles. The molecule has 0 bridgehead atoms. The topological polar surface area (TPSA) is 76.4 Å². The molecule has 0 aliphatic rings. The van der Waals surface area contributed by atoms with Gasteiger partial charge in [-0.2, -0.15) is 5.26 Å². The molecule has 16 heavy (non-hydrogen) atoms. The van der Waals surface area contributed by atoms with Crippen LogP contribution in [0.5, 0.6) is 0 Å². The fourth-order valence-corrected chi connectivity index (χ4v) is 1.07. The van der Waals surface area contributed by atoms with Gasteiger partial charge in [0.15, 0.2) is 5.60 Å². The van der Waals surface area contributed by atoms with Crippen molar-refractivity contribution in [3.63, 3.8) is 0 Å². The Kier molecular flexibility index (Phi) is 5.51. The summed E-state index contributed by atoms with van der Waals surface area (Å²) in [5.41, 5.74) is -1.12. The molecule has 1 unspecified atom stereocenters. The van der Waals surface area contributed by atoms with Crippen LogP contribution in [0.4, 0.5) is 0 Å². The largest absolute Gasteiger partial charge is 0.469 e. The number of hydrogen-bond donors (Lipinski definition) is 0. The predicted octanol–water partition coefficient (Wildman–Crippen LogP) is 1.42. The molecule has 1 atom stereocenters. The van der Waals surface area contributed by atoms with E-state index >= 15 is 0 Å². The quantitative estimate of drug-likeness (QED) is 0.664. The van der Waals surface area contributed by atoms with Crippen molar-refractivity contribution in [2.75, 3.05) is 7.11 Å². The van der Waals surface area contributed by atoms with E-state index < -0.39 is 11.6 Å². The summed E-state index contributed by atoms with van der Waals surface area (Å²) in [7, 11) is 1.30. The van der Waals surface area contributed by atoms with Gasteiger partial charge in [0.2, 0.25) is 0 Å². The summed E-state index contributed by atoms with van der Waals surface area (Å²) in [5.74, 6) is -1.00. The summed E-state index contributed by atoms with van der Waals surface area (Å²) in [6.45, 7) is 4.77. The van der Waals surface area contributed by atoms with E-state index in [-0.39, 0.29) is 24.7 Å². The minimum Gasteiger partial charge on any atom is -0.469 e. The van der Waals surface area contributed by atoms with E-state index in [9.17, 15) is 9.59 Å². The van der Waals surface area contributed by atoms with E-state index in [2.05, 4.69) is 4.74 Å². The molecule has 0 fully saturated rings. The molecular formula is C11H17NO4. The average molecular weight is 227 g/mol. The van der Waals surface area contributed by atoms with Crippen LogP contribution in [0, 0.1) is 17.2 Å². The second-order valence-corrected chi connectivity index (χ2v) is 4.19. The lowest BCUT2D eigenvalue weighted by atomic mass is 10.0. The number of carbonyl (C=O) groups is 2. The molecule has 0 radical (unpaired) electrons. The fourth-order valence-electron chi connectivity index (χ4n) is 1.07. The van der Waals surface area contributed by atoms with E-state index in [4.69, 9.17) is 10.00 Å². The summed E-state index contributed by atoms with van der Waals surface area (Å²) in [4.78, 5) is 22.3. The molecule has 0 aromatic rings. The molecule has 0 aromatic carbocycles. The van der Waals surface area contributed by atoms with Gasteiger partial charge in [-0.05, 0) is 19.8 Å². The first kappa shape index (κ1) is 14.4. The second kappa shape index (κ2) is 6.11. The lowest BCUT2D eigenvalue weighted by molar-refractivity contribution is -0.153. The molecule has 0 N–H and O–H groups in total.